The summed E-state index contributed by atoms with van der Waals surface area (Å²) in [6.07, 6.45) is 5.23. The highest BCUT2D eigenvalue weighted by molar-refractivity contribution is 5.81. The third-order valence-corrected chi connectivity index (χ3v) is 7.37. The molecule has 2 N–H and O–H groups in total. The summed E-state index contributed by atoms with van der Waals surface area (Å²) in [6, 6.07) is 29.4. The van der Waals surface area contributed by atoms with Gasteiger partial charge in [0.25, 0.3) is 0 Å². The monoisotopic (exact) mass is 469 g/mol. The van der Waals surface area contributed by atoms with E-state index in [0.29, 0.717) is 12.2 Å². The summed E-state index contributed by atoms with van der Waals surface area (Å²) in [5.41, 5.74) is 5.20. The Bertz CT molecular complexity index is 1040. The Hall–Kier alpha value is -2.88. The van der Waals surface area contributed by atoms with Crippen LogP contribution in [0, 0.1) is 0 Å². The van der Waals surface area contributed by atoms with Crippen LogP contribution in [0.4, 0.5) is 0 Å². The minimum Gasteiger partial charge on any atom is -0.512 e. The van der Waals surface area contributed by atoms with Gasteiger partial charge in [0, 0.05) is 23.5 Å². The van der Waals surface area contributed by atoms with E-state index >= 15 is 0 Å². The maximum Gasteiger partial charge on any atom is 0.101 e. The molecule has 0 amide bonds. The van der Waals surface area contributed by atoms with Gasteiger partial charge in [-0.3, -0.25) is 4.90 Å². The molecule has 0 bridgehead atoms. The van der Waals surface area contributed by atoms with Gasteiger partial charge in [0.15, 0.2) is 0 Å². The van der Waals surface area contributed by atoms with Gasteiger partial charge in [0.2, 0.25) is 0 Å². The van der Waals surface area contributed by atoms with Crippen LogP contribution in [0.3, 0.4) is 0 Å². The topological polar surface area (TPSA) is 43.7 Å². The van der Waals surface area contributed by atoms with Gasteiger partial charge in [-0.1, -0.05) is 105 Å². The molecule has 184 valence electrons. The van der Waals surface area contributed by atoms with E-state index < -0.39 is 0 Å². The Kier molecular flexibility index (Phi) is 8.43. The van der Waals surface area contributed by atoms with Crippen LogP contribution in [-0.4, -0.2) is 34.8 Å². The number of rotatable bonds is 9. The summed E-state index contributed by atoms with van der Waals surface area (Å²) in [4.78, 5) is 2.59. The van der Waals surface area contributed by atoms with Crippen LogP contribution in [0.25, 0.3) is 5.57 Å². The normalized spacial score (nSPS) is 15.5. The second-order valence-electron chi connectivity index (χ2n) is 10.4. The maximum atomic E-state index is 11.4. The second kappa shape index (κ2) is 11.7. The van der Waals surface area contributed by atoms with Crippen LogP contribution in [0.5, 0.6) is 0 Å². The van der Waals surface area contributed by atoms with Gasteiger partial charge in [-0.05, 0) is 54.6 Å². The predicted molar refractivity (Wildman–Crippen MR) is 145 cm³/mol. The van der Waals surface area contributed by atoms with Crippen molar-refractivity contribution < 1.29 is 10.2 Å². The van der Waals surface area contributed by atoms with E-state index in [-0.39, 0.29) is 18.1 Å². The van der Waals surface area contributed by atoms with Gasteiger partial charge < -0.3 is 10.2 Å². The molecule has 3 aromatic carbocycles. The number of aliphatic hydroxyl groups excluding tert-OH is 2. The molecule has 1 fully saturated rings. The van der Waals surface area contributed by atoms with Crippen LogP contribution in [0.15, 0.2) is 90.7 Å². The predicted octanol–water partition coefficient (Wildman–Crippen LogP) is 7.28. The molecule has 1 atom stereocenters. The van der Waals surface area contributed by atoms with Crippen molar-refractivity contribution in [2.45, 2.75) is 57.4 Å². The van der Waals surface area contributed by atoms with Crippen molar-refractivity contribution in [1.29, 1.82) is 0 Å². The number of aliphatic hydroxyl groups is 2. The van der Waals surface area contributed by atoms with Crippen LogP contribution in [-0.2, 0) is 5.41 Å². The molecule has 0 radical (unpaired) electrons. The highest BCUT2D eigenvalue weighted by Gasteiger charge is 2.25. The molecule has 0 spiro atoms. The summed E-state index contributed by atoms with van der Waals surface area (Å²) in [6.45, 7) is 6.47. The number of likely N-dealkylation sites (tertiary alicyclic amines) is 1. The number of hydrogen-bond acceptors (Lipinski definition) is 3. The van der Waals surface area contributed by atoms with Gasteiger partial charge in [0.05, 0.1) is 6.61 Å². The molecule has 4 rings (SSSR count). The minimum atomic E-state index is -0.250. The number of nitrogens with zero attached hydrogens (tertiary/aromatic N) is 1. The molecule has 0 aromatic heterocycles. The van der Waals surface area contributed by atoms with Crippen LogP contribution >= 0.6 is 0 Å². The smallest absolute Gasteiger partial charge is 0.101 e. The van der Waals surface area contributed by atoms with E-state index in [1.165, 1.54) is 24.8 Å². The molecule has 1 saturated heterocycles. The Morgan fingerprint density at radius 1 is 0.800 bits per heavy atom. The van der Waals surface area contributed by atoms with Crippen molar-refractivity contribution in [3.05, 3.63) is 113 Å². The zero-order valence-electron chi connectivity index (χ0n) is 21.2. The quantitative estimate of drug-likeness (QED) is 0.324. The zero-order valence-corrected chi connectivity index (χ0v) is 21.2. The lowest BCUT2D eigenvalue weighted by Crippen LogP contribution is -2.34. The van der Waals surface area contributed by atoms with E-state index in [9.17, 15) is 10.2 Å². The van der Waals surface area contributed by atoms with E-state index in [1.54, 1.807) is 0 Å². The Morgan fingerprint density at radius 2 is 1.34 bits per heavy atom. The fourth-order valence-electron chi connectivity index (χ4n) is 5.15. The average Bonchev–Trinajstić information content (AvgIpc) is 2.91. The summed E-state index contributed by atoms with van der Waals surface area (Å²) in [7, 11) is 0. The van der Waals surface area contributed by atoms with Crippen LogP contribution < -0.4 is 0 Å². The van der Waals surface area contributed by atoms with E-state index in [2.05, 4.69) is 67.3 Å². The van der Waals surface area contributed by atoms with Crippen molar-refractivity contribution in [1.82, 2.24) is 4.90 Å². The summed E-state index contributed by atoms with van der Waals surface area (Å²) in [5.74, 6) is 0.447. The number of piperidine rings is 1. The van der Waals surface area contributed by atoms with E-state index in [0.717, 1.165) is 41.8 Å². The Balaban J connectivity index is 1.63. The first-order valence-electron chi connectivity index (χ1n) is 13.0. The van der Waals surface area contributed by atoms with Crippen molar-refractivity contribution in [2.24, 2.45) is 0 Å². The molecular formula is C32H39NO2. The standard InChI is InChI=1S/C32H39NO2/c1-32(2,24-34)28-18-16-25(17-19-28)29(33-22-10-5-11-23-33)20-21-30(35)31(26-12-6-3-7-13-26)27-14-8-4-9-15-27/h3-4,6-9,12-19,29,34-35H,5,10-11,20-24H2,1-2H3. The molecule has 3 nitrogen and oxygen atoms in total. The highest BCUT2D eigenvalue weighted by atomic mass is 16.3. The second-order valence-corrected chi connectivity index (χ2v) is 10.4. The molecule has 1 heterocycles. The largest absolute Gasteiger partial charge is 0.512 e. The van der Waals surface area contributed by atoms with E-state index in [4.69, 9.17) is 0 Å². The number of benzene rings is 3. The van der Waals surface area contributed by atoms with Gasteiger partial charge in [0.1, 0.15) is 5.76 Å². The first-order valence-corrected chi connectivity index (χ1v) is 13.0. The molecular weight excluding hydrogens is 430 g/mol. The fourth-order valence-corrected chi connectivity index (χ4v) is 5.15. The lowest BCUT2D eigenvalue weighted by Gasteiger charge is -2.35. The first kappa shape index (κ1) is 25.2. The molecule has 3 aromatic rings. The van der Waals surface area contributed by atoms with Crippen molar-refractivity contribution in [3.63, 3.8) is 0 Å². The molecule has 0 saturated carbocycles. The molecule has 0 aliphatic carbocycles. The summed E-state index contributed by atoms with van der Waals surface area (Å²) >= 11 is 0. The van der Waals surface area contributed by atoms with Gasteiger partial charge in [-0.15, -0.1) is 0 Å². The maximum absolute atomic E-state index is 11.4. The Labute approximate surface area is 210 Å². The third kappa shape index (κ3) is 6.22. The molecule has 1 unspecified atom stereocenters. The van der Waals surface area contributed by atoms with Gasteiger partial charge in [-0.25, -0.2) is 0 Å². The summed E-state index contributed by atoms with van der Waals surface area (Å²) in [5, 5.41) is 21.2. The lowest BCUT2D eigenvalue weighted by molar-refractivity contribution is 0.152. The van der Waals surface area contributed by atoms with Gasteiger partial charge >= 0.3 is 0 Å². The van der Waals surface area contributed by atoms with Gasteiger partial charge in [-0.2, -0.15) is 0 Å². The van der Waals surface area contributed by atoms with Crippen molar-refractivity contribution in [2.75, 3.05) is 19.7 Å². The zero-order chi connectivity index (χ0) is 24.7. The molecule has 35 heavy (non-hydrogen) atoms. The van der Waals surface area contributed by atoms with Crippen LogP contribution in [0.2, 0.25) is 0 Å². The first-order chi connectivity index (χ1) is 17.0. The summed E-state index contributed by atoms with van der Waals surface area (Å²) < 4.78 is 0. The SMILES string of the molecule is CC(C)(CO)c1ccc(C(CCC(O)=C(c2ccccc2)c2ccccc2)N2CCCCC2)cc1. The van der Waals surface area contributed by atoms with Crippen LogP contribution in [0.1, 0.15) is 74.2 Å². The fraction of sp³-hybridized carbons (Fsp3) is 0.375. The molecule has 3 heteroatoms. The molecule has 1 aliphatic heterocycles. The number of hydrogen-bond donors (Lipinski definition) is 2. The Morgan fingerprint density at radius 3 is 1.86 bits per heavy atom. The lowest BCUT2D eigenvalue weighted by atomic mass is 9.84. The minimum absolute atomic E-state index is 0.127. The third-order valence-electron chi connectivity index (χ3n) is 7.37. The van der Waals surface area contributed by atoms with E-state index in [1.807, 2.05) is 36.4 Å². The number of allylic oxidation sites excluding steroid dienone is 1. The highest BCUT2D eigenvalue weighted by Crippen LogP contribution is 2.34. The van der Waals surface area contributed by atoms with Crippen molar-refractivity contribution >= 4 is 5.57 Å². The average molecular weight is 470 g/mol. The van der Waals surface area contributed by atoms with Crippen molar-refractivity contribution in [3.8, 4) is 0 Å². The molecule has 1 aliphatic rings.